The molecule has 3 aromatic rings. The van der Waals surface area contributed by atoms with Gasteiger partial charge in [-0.1, -0.05) is 0 Å². The van der Waals surface area contributed by atoms with E-state index in [4.69, 9.17) is 4.42 Å². The van der Waals surface area contributed by atoms with Crippen molar-refractivity contribution >= 4 is 22.4 Å². The van der Waals surface area contributed by atoms with Crippen molar-refractivity contribution in [3.63, 3.8) is 0 Å². The molecule has 0 saturated heterocycles. The number of amides is 1. The molecule has 3 rings (SSSR count). The Morgan fingerprint density at radius 2 is 2.14 bits per heavy atom. The van der Waals surface area contributed by atoms with E-state index in [9.17, 15) is 4.79 Å². The van der Waals surface area contributed by atoms with Gasteiger partial charge in [-0.2, -0.15) is 0 Å². The van der Waals surface area contributed by atoms with Crippen LogP contribution in [-0.4, -0.2) is 15.9 Å². The molecule has 0 unspecified atom stereocenters. The first-order valence-corrected chi connectivity index (χ1v) is 7.20. The van der Waals surface area contributed by atoms with Crippen LogP contribution in [0.25, 0.3) is 11.5 Å². The fraction of sp³-hybridized carbons (Fsp3) is 0.133. The Hall–Kier alpha value is -2.47. The third-order valence-corrected chi connectivity index (χ3v) is 3.83. The molecule has 1 amide bonds. The number of pyridine rings is 1. The van der Waals surface area contributed by atoms with Gasteiger partial charge in [-0.3, -0.25) is 15.1 Å². The molecule has 0 aromatic carbocycles. The topological polar surface area (TPSA) is 68.0 Å². The van der Waals surface area contributed by atoms with E-state index in [2.05, 4.69) is 15.3 Å². The average molecular weight is 299 g/mol. The highest BCUT2D eigenvalue weighted by molar-refractivity contribution is 7.16. The molecule has 106 valence electrons. The first-order chi connectivity index (χ1) is 10.1. The number of nitrogens with one attached hydrogen (secondary N) is 1. The quantitative estimate of drug-likeness (QED) is 0.801. The van der Waals surface area contributed by atoms with Gasteiger partial charge >= 0.3 is 0 Å². The number of furan rings is 1. The van der Waals surface area contributed by atoms with Crippen LogP contribution in [0.3, 0.4) is 0 Å². The number of carbonyl (C=O) groups excluding carboxylic acids is 1. The first-order valence-electron chi connectivity index (χ1n) is 6.39. The van der Waals surface area contributed by atoms with Crippen LogP contribution in [0.1, 0.15) is 20.9 Å². The number of anilines is 1. The number of thiazole rings is 1. The Bertz CT molecular complexity index is 761. The van der Waals surface area contributed by atoms with Crippen molar-refractivity contribution in [1.29, 1.82) is 0 Å². The Morgan fingerprint density at radius 1 is 1.29 bits per heavy atom. The maximum Gasteiger partial charge on any atom is 0.259 e. The SMILES string of the molecule is Cc1ccc(C(=O)Nc2nc(-c3ccco3)c(C)s2)cn1. The third kappa shape index (κ3) is 2.85. The summed E-state index contributed by atoms with van der Waals surface area (Å²) in [6.45, 7) is 3.82. The maximum atomic E-state index is 12.1. The average Bonchev–Trinajstić information content (AvgIpc) is 3.09. The lowest BCUT2D eigenvalue weighted by molar-refractivity contribution is 0.102. The van der Waals surface area contributed by atoms with E-state index in [0.29, 0.717) is 16.5 Å². The van der Waals surface area contributed by atoms with Crippen LogP contribution in [0, 0.1) is 13.8 Å². The van der Waals surface area contributed by atoms with Gasteiger partial charge in [0.2, 0.25) is 0 Å². The molecule has 0 aliphatic rings. The second kappa shape index (κ2) is 5.49. The molecule has 0 bridgehead atoms. The van der Waals surface area contributed by atoms with Gasteiger partial charge < -0.3 is 4.42 Å². The number of carbonyl (C=O) groups is 1. The molecule has 21 heavy (non-hydrogen) atoms. The number of hydrogen-bond donors (Lipinski definition) is 1. The van der Waals surface area contributed by atoms with Gasteiger partial charge in [0.1, 0.15) is 5.69 Å². The van der Waals surface area contributed by atoms with Crippen molar-refractivity contribution in [1.82, 2.24) is 9.97 Å². The molecule has 0 aliphatic heterocycles. The highest BCUT2D eigenvalue weighted by Crippen LogP contribution is 2.30. The zero-order valence-electron chi connectivity index (χ0n) is 11.6. The number of hydrogen-bond acceptors (Lipinski definition) is 5. The molecule has 0 spiro atoms. The smallest absolute Gasteiger partial charge is 0.259 e. The molecule has 0 saturated carbocycles. The second-order valence-corrected chi connectivity index (χ2v) is 5.75. The Labute approximate surface area is 125 Å². The molecule has 3 heterocycles. The molecule has 0 fully saturated rings. The largest absolute Gasteiger partial charge is 0.463 e. The predicted molar refractivity (Wildman–Crippen MR) is 81.5 cm³/mol. The summed E-state index contributed by atoms with van der Waals surface area (Å²) < 4.78 is 5.34. The van der Waals surface area contributed by atoms with Gasteiger partial charge in [-0.25, -0.2) is 4.98 Å². The highest BCUT2D eigenvalue weighted by Gasteiger charge is 2.14. The second-order valence-electron chi connectivity index (χ2n) is 4.54. The molecule has 3 aromatic heterocycles. The van der Waals surface area contributed by atoms with Crippen LogP contribution < -0.4 is 5.32 Å². The summed E-state index contributed by atoms with van der Waals surface area (Å²) in [5, 5.41) is 3.33. The minimum Gasteiger partial charge on any atom is -0.463 e. The molecule has 0 aliphatic carbocycles. The summed E-state index contributed by atoms with van der Waals surface area (Å²) in [6.07, 6.45) is 3.16. The maximum absolute atomic E-state index is 12.1. The van der Waals surface area contributed by atoms with E-state index >= 15 is 0 Å². The minimum atomic E-state index is -0.220. The highest BCUT2D eigenvalue weighted by atomic mass is 32.1. The lowest BCUT2D eigenvalue weighted by Gasteiger charge is -2.01. The van der Waals surface area contributed by atoms with E-state index in [1.54, 1.807) is 24.6 Å². The van der Waals surface area contributed by atoms with Crippen molar-refractivity contribution in [2.24, 2.45) is 0 Å². The molecule has 0 atom stereocenters. The summed E-state index contributed by atoms with van der Waals surface area (Å²) in [7, 11) is 0. The monoisotopic (exact) mass is 299 g/mol. The Balaban J connectivity index is 1.81. The molecular weight excluding hydrogens is 286 g/mol. The third-order valence-electron chi connectivity index (χ3n) is 2.95. The lowest BCUT2D eigenvalue weighted by atomic mass is 10.2. The van der Waals surface area contributed by atoms with E-state index < -0.39 is 0 Å². The van der Waals surface area contributed by atoms with Crippen molar-refractivity contribution in [3.05, 3.63) is 52.9 Å². The van der Waals surface area contributed by atoms with Crippen LogP contribution in [0.15, 0.2) is 41.1 Å². The summed E-state index contributed by atoms with van der Waals surface area (Å²) in [5.41, 5.74) is 2.13. The van der Waals surface area contributed by atoms with Crippen LogP contribution in [0.4, 0.5) is 5.13 Å². The van der Waals surface area contributed by atoms with E-state index in [-0.39, 0.29) is 5.91 Å². The van der Waals surface area contributed by atoms with Gasteiger partial charge in [0, 0.05) is 16.8 Å². The minimum absolute atomic E-state index is 0.220. The van der Waals surface area contributed by atoms with E-state index in [1.807, 2.05) is 26.0 Å². The normalized spacial score (nSPS) is 10.6. The number of nitrogens with zero attached hydrogens (tertiary/aromatic N) is 2. The molecule has 6 heteroatoms. The molecule has 1 N–H and O–H groups in total. The van der Waals surface area contributed by atoms with Crippen molar-refractivity contribution in [3.8, 4) is 11.5 Å². The van der Waals surface area contributed by atoms with Crippen molar-refractivity contribution < 1.29 is 9.21 Å². The van der Waals surface area contributed by atoms with E-state index in [0.717, 1.165) is 16.3 Å². The van der Waals surface area contributed by atoms with Gasteiger partial charge in [0.25, 0.3) is 5.91 Å². The fourth-order valence-corrected chi connectivity index (χ4v) is 2.68. The first kappa shape index (κ1) is 13.5. The Kier molecular flexibility index (Phi) is 3.53. The van der Waals surface area contributed by atoms with E-state index in [1.165, 1.54) is 11.3 Å². The van der Waals surface area contributed by atoms with Crippen LogP contribution in [-0.2, 0) is 0 Å². The Morgan fingerprint density at radius 3 is 2.81 bits per heavy atom. The van der Waals surface area contributed by atoms with Gasteiger partial charge in [0.15, 0.2) is 10.9 Å². The molecule has 0 radical (unpaired) electrons. The number of aromatic nitrogens is 2. The van der Waals surface area contributed by atoms with Crippen LogP contribution in [0.2, 0.25) is 0 Å². The molecule has 5 nitrogen and oxygen atoms in total. The lowest BCUT2D eigenvalue weighted by Crippen LogP contribution is -2.12. The predicted octanol–water partition coefficient (Wildman–Crippen LogP) is 3.67. The van der Waals surface area contributed by atoms with Crippen molar-refractivity contribution in [2.45, 2.75) is 13.8 Å². The van der Waals surface area contributed by atoms with Crippen LogP contribution >= 0.6 is 11.3 Å². The standard InChI is InChI=1S/C15H13N3O2S/c1-9-5-6-11(8-16-9)14(19)18-15-17-13(10(2)21-15)12-4-3-7-20-12/h3-8H,1-2H3,(H,17,18,19). The zero-order chi connectivity index (χ0) is 14.8. The number of rotatable bonds is 3. The summed E-state index contributed by atoms with van der Waals surface area (Å²) in [6, 6.07) is 7.20. The van der Waals surface area contributed by atoms with Gasteiger partial charge in [-0.15, -0.1) is 11.3 Å². The molecular formula is C15H13N3O2S. The van der Waals surface area contributed by atoms with Crippen LogP contribution in [0.5, 0.6) is 0 Å². The van der Waals surface area contributed by atoms with Gasteiger partial charge in [-0.05, 0) is 38.1 Å². The number of aryl methyl sites for hydroxylation is 2. The fourth-order valence-electron chi connectivity index (χ4n) is 1.86. The van der Waals surface area contributed by atoms with Gasteiger partial charge in [0.05, 0.1) is 11.8 Å². The zero-order valence-corrected chi connectivity index (χ0v) is 12.4. The summed E-state index contributed by atoms with van der Waals surface area (Å²) in [4.78, 5) is 21.6. The van der Waals surface area contributed by atoms with Crippen molar-refractivity contribution in [2.75, 3.05) is 5.32 Å². The summed E-state index contributed by atoms with van der Waals surface area (Å²) in [5.74, 6) is 0.475. The summed E-state index contributed by atoms with van der Waals surface area (Å²) >= 11 is 1.42.